The molecule has 1 atom stereocenters. The summed E-state index contributed by atoms with van der Waals surface area (Å²) in [5, 5.41) is 4.20. The van der Waals surface area contributed by atoms with Gasteiger partial charge in [-0.15, -0.1) is 0 Å². The summed E-state index contributed by atoms with van der Waals surface area (Å²) in [4.78, 5) is 0. The predicted octanol–water partition coefficient (Wildman–Crippen LogP) is 2.96. The zero-order valence-electron chi connectivity index (χ0n) is 12.7. The average molecular weight is 293 g/mol. The largest absolute Gasteiger partial charge is 0.485 e. The van der Waals surface area contributed by atoms with Gasteiger partial charge in [0.25, 0.3) is 0 Å². The summed E-state index contributed by atoms with van der Waals surface area (Å²) in [7, 11) is 0. The molecule has 4 nitrogen and oxygen atoms in total. The monoisotopic (exact) mass is 293 g/mol. The van der Waals surface area contributed by atoms with Gasteiger partial charge in [-0.1, -0.05) is 32.9 Å². The van der Waals surface area contributed by atoms with Gasteiger partial charge in [0.05, 0.1) is 5.71 Å². The molecule has 1 aromatic carbocycles. The second-order valence-corrected chi connectivity index (χ2v) is 6.20. The fraction of sp³-hybridized carbons (Fsp3) is 0.467. The van der Waals surface area contributed by atoms with Crippen LogP contribution in [-0.2, 0) is 5.41 Å². The van der Waals surface area contributed by atoms with Gasteiger partial charge in [0.15, 0.2) is 5.11 Å². The number of hydrogen-bond acceptors (Lipinski definition) is 3. The van der Waals surface area contributed by atoms with Gasteiger partial charge in [-0.25, -0.2) is 0 Å². The highest BCUT2D eigenvalue weighted by Gasteiger charge is 2.14. The molecule has 0 spiro atoms. The van der Waals surface area contributed by atoms with E-state index < -0.39 is 0 Å². The molecule has 0 saturated heterocycles. The van der Waals surface area contributed by atoms with Crippen molar-refractivity contribution in [3.63, 3.8) is 0 Å². The van der Waals surface area contributed by atoms with Crippen LogP contribution in [0.25, 0.3) is 0 Å². The van der Waals surface area contributed by atoms with Crippen LogP contribution < -0.4 is 15.9 Å². The van der Waals surface area contributed by atoms with Crippen molar-refractivity contribution in [1.29, 1.82) is 0 Å². The normalized spacial score (nSPS) is 13.8. The third kappa shape index (κ3) is 5.17. The van der Waals surface area contributed by atoms with Gasteiger partial charge in [0.2, 0.25) is 0 Å². The van der Waals surface area contributed by atoms with E-state index in [1.807, 2.05) is 26.0 Å². The highest BCUT2D eigenvalue weighted by atomic mass is 32.1. The van der Waals surface area contributed by atoms with Crippen LogP contribution in [0.3, 0.4) is 0 Å². The number of thiocarbonyl (C=S) groups is 1. The number of benzene rings is 1. The molecule has 0 aromatic heterocycles. The Balaban J connectivity index is 2.69. The Bertz CT molecular complexity index is 489. The molecule has 1 unspecified atom stereocenters. The number of nitrogens with two attached hydrogens (primary N) is 1. The zero-order chi connectivity index (χ0) is 15.3. The Morgan fingerprint density at radius 2 is 1.85 bits per heavy atom. The van der Waals surface area contributed by atoms with E-state index in [1.54, 1.807) is 0 Å². The number of hydrazone groups is 1. The van der Waals surface area contributed by atoms with E-state index in [9.17, 15) is 0 Å². The van der Waals surface area contributed by atoms with Crippen LogP contribution in [0.1, 0.15) is 40.2 Å². The molecule has 1 rings (SSSR count). The summed E-state index contributed by atoms with van der Waals surface area (Å²) in [6.07, 6.45) is -0.155. The van der Waals surface area contributed by atoms with E-state index in [-0.39, 0.29) is 16.6 Å². The lowest BCUT2D eigenvalue weighted by molar-refractivity contribution is 0.285. The highest BCUT2D eigenvalue weighted by Crippen LogP contribution is 2.24. The highest BCUT2D eigenvalue weighted by molar-refractivity contribution is 7.80. The molecular formula is C15H23N3OS. The molecule has 0 radical (unpaired) electrons. The molecule has 0 saturated carbocycles. The van der Waals surface area contributed by atoms with Gasteiger partial charge in [0, 0.05) is 0 Å². The first kappa shape index (κ1) is 16.4. The first-order valence-corrected chi connectivity index (χ1v) is 6.98. The maximum Gasteiger partial charge on any atom is 0.184 e. The van der Waals surface area contributed by atoms with Crippen molar-refractivity contribution in [3.8, 4) is 5.75 Å². The van der Waals surface area contributed by atoms with Crippen molar-refractivity contribution in [2.24, 2.45) is 10.8 Å². The van der Waals surface area contributed by atoms with Crippen molar-refractivity contribution in [3.05, 3.63) is 29.8 Å². The Labute approximate surface area is 126 Å². The zero-order valence-corrected chi connectivity index (χ0v) is 13.5. The van der Waals surface area contributed by atoms with Gasteiger partial charge in [0.1, 0.15) is 11.9 Å². The van der Waals surface area contributed by atoms with Crippen LogP contribution >= 0.6 is 12.2 Å². The molecule has 20 heavy (non-hydrogen) atoms. The number of nitrogens with one attached hydrogen (secondary N) is 1. The first-order chi connectivity index (χ1) is 9.20. The Kier molecular flexibility index (Phi) is 5.51. The van der Waals surface area contributed by atoms with Crippen LogP contribution in [0.15, 0.2) is 29.4 Å². The molecule has 0 heterocycles. The van der Waals surface area contributed by atoms with Gasteiger partial charge in [-0.3, -0.25) is 5.43 Å². The number of ether oxygens (including phenoxy) is 1. The van der Waals surface area contributed by atoms with E-state index >= 15 is 0 Å². The molecule has 0 fully saturated rings. The van der Waals surface area contributed by atoms with E-state index in [0.29, 0.717) is 0 Å². The maximum absolute atomic E-state index is 5.82. The van der Waals surface area contributed by atoms with Crippen molar-refractivity contribution >= 4 is 23.0 Å². The van der Waals surface area contributed by atoms with Gasteiger partial charge >= 0.3 is 0 Å². The van der Waals surface area contributed by atoms with Gasteiger partial charge < -0.3 is 10.5 Å². The fourth-order valence-electron chi connectivity index (χ4n) is 1.56. The molecule has 0 aliphatic carbocycles. The van der Waals surface area contributed by atoms with Crippen LogP contribution in [0.2, 0.25) is 0 Å². The quantitative estimate of drug-likeness (QED) is 0.509. The fourth-order valence-corrected chi connectivity index (χ4v) is 1.60. The smallest absolute Gasteiger partial charge is 0.184 e. The molecule has 1 aromatic rings. The molecule has 5 heteroatoms. The summed E-state index contributed by atoms with van der Waals surface area (Å²) in [5.74, 6) is 0.815. The average Bonchev–Trinajstić information content (AvgIpc) is 2.35. The van der Waals surface area contributed by atoms with Crippen LogP contribution in [-0.4, -0.2) is 16.9 Å². The minimum atomic E-state index is -0.155. The second kappa shape index (κ2) is 6.70. The lowest BCUT2D eigenvalue weighted by Crippen LogP contribution is -2.29. The number of nitrogens with zero attached hydrogens (tertiary/aromatic N) is 1. The molecule has 0 amide bonds. The summed E-state index contributed by atoms with van der Waals surface area (Å²) in [6.45, 7) is 10.3. The number of hydrogen-bond donors (Lipinski definition) is 2. The molecule has 0 aliphatic rings. The Hall–Kier alpha value is -1.62. The van der Waals surface area contributed by atoms with E-state index in [4.69, 9.17) is 22.7 Å². The van der Waals surface area contributed by atoms with Crippen molar-refractivity contribution in [1.82, 2.24) is 5.43 Å². The minimum absolute atomic E-state index is 0.141. The predicted molar refractivity (Wildman–Crippen MR) is 88.3 cm³/mol. The van der Waals surface area contributed by atoms with Crippen molar-refractivity contribution in [2.45, 2.75) is 46.1 Å². The summed E-state index contributed by atoms with van der Waals surface area (Å²) in [5.41, 5.74) is 10.1. The lowest BCUT2D eigenvalue weighted by atomic mass is 9.87. The minimum Gasteiger partial charge on any atom is -0.485 e. The third-order valence-electron chi connectivity index (χ3n) is 2.96. The lowest BCUT2D eigenvalue weighted by Gasteiger charge is -2.20. The van der Waals surface area contributed by atoms with Crippen LogP contribution in [0.4, 0.5) is 0 Å². The second-order valence-electron chi connectivity index (χ2n) is 5.76. The molecule has 0 bridgehead atoms. The SMILES string of the molecule is C/C(=N\NC(N)=S)C(C)Oc1ccc(C(C)(C)C)cc1. The van der Waals surface area contributed by atoms with Crippen molar-refractivity contribution in [2.75, 3.05) is 0 Å². The summed E-state index contributed by atoms with van der Waals surface area (Å²) < 4.78 is 5.82. The van der Waals surface area contributed by atoms with E-state index in [0.717, 1.165) is 11.5 Å². The third-order valence-corrected chi connectivity index (χ3v) is 3.06. The molecule has 110 valence electrons. The molecule has 0 aliphatic heterocycles. The summed E-state index contributed by atoms with van der Waals surface area (Å²) in [6, 6.07) is 8.13. The summed E-state index contributed by atoms with van der Waals surface area (Å²) >= 11 is 4.70. The van der Waals surface area contributed by atoms with E-state index in [2.05, 4.69) is 43.4 Å². The van der Waals surface area contributed by atoms with Crippen LogP contribution in [0, 0.1) is 0 Å². The van der Waals surface area contributed by atoms with Gasteiger partial charge in [-0.2, -0.15) is 5.10 Å². The molecular weight excluding hydrogens is 270 g/mol. The Morgan fingerprint density at radius 1 is 1.30 bits per heavy atom. The van der Waals surface area contributed by atoms with Crippen molar-refractivity contribution < 1.29 is 4.74 Å². The standard InChI is InChI=1S/C15H23N3OS/c1-10(17-18-14(16)20)11(2)19-13-8-6-12(7-9-13)15(3,4)5/h6-9,11H,1-5H3,(H3,16,18,20)/b17-10+. The topological polar surface area (TPSA) is 59.6 Å². The Morgan fingerprint density at radius 3 is 2.30 bits per heavy atom. The number of rotatable bonds is 4. The first-order valence-electron chi connectivity index (χ1n) is 6.57. The van der Waals surface area contributed by atoms with Crippen LogP contribution in [0.5, 0.6) is 5.75 Å². The molecule has 3 N–H and O–H groups in total. The van der Waals surface area contributed by atoms with E-state index in [1.165, 1.54) is 5.56 Å². The van der Waals surface area contributed by atoms with Gasteiger partial charge in [-0.05, 0) is 49.2 Å². The maximum atomic E-state index is 5.82.